The second-order valence-corrected chi connectivity index (χ2v) is 9.54. The third-order valence-corrected chi connectivity index (χ3v) is 7.55. The lowest BCUT2D eigenvalue weighted by Gasteiger charge is -2.12. The Kier molecular flexibility index (Phi) is 6.46. The van der Waals surface area contributed by atoms with Crippen LogP contribution in [0.25, 0.3) is 21.6 Å². The molecule has 4 rings (SSSR count). The summed E-state index contributed by atoms with van der Waals surface area (Å²) in [6.45, 7) is 2.27. The first-order valence-corrected chi connectivity index (χ1v) is 12.2. The first-order valence-electron chi connectivity index (χ1n) is 10.4. The van der Waals surface area contributed by atoms with E-state index in [9.17, 15) is 0 Å². The standard InChI is InChI=1S/C23H28N2S2/c1-2-3-4-5-11-16-26-22-20-18-14-9-10-15-19(18)27-23(20)25-21(24-22)17-12-7-6-8-13-17/h6-8,12-13H,2-5,9-11,14-16H2,1H3. The fourth-order valence-electron chi connectivity index (χ4n) is 3.82. The van der Waals surface area contributed by atoms with Crippen LogP contribution in [0.5, 0.6) is 0 Å². The molecule has 0 N–H and O–H groups in total. The summed E-state index contributed by atoms with van der Waals surface area (Å²) in [6, 6.07) is 10.4. The second-order valence-electron chi connectivity index (χ2n) is 7.37. The highest BCUT2D eigenvalue weighted by Crippen LogP contribution is 2.40. The number of hydrogen-bond acceptors (Lipinski definition) is 4. The van der Waals surface area contributed by atoms with E-state index in [1.807, 2.05) is 23.1 Å². The summed E-state index contributed by atoms with van der Waals surface area (Å²) in [5.74, 6) is 2.05. The van der Waals surface area contributed by atoms with Gasteiger partial charge in [-0.2, -0.15) is 0 Å². The fourth-order valence-corrected chi connectivity index (χ4v) is 6.20. The van der Waals surface area contributed by atoms with Gasteiger partial charge in [-0.15, -0.1) is 23.1 Å². The zero-order chi connectivity index (χ0) is 18.5. The van der Waals surface area contributed by atoms with Crippen molar-refractivity contribution in [1.29, 1.82) is 0 Å². The van der Waals surface area contributed by atoms with Gasteiger partial charge in [-0.1, -0.05) is 62.9 Å². The average Bonchev–Trinajstić information content (AvgIpc) is 3.10. The Hall–Kier alpha value is -1.39. The maximum Gasteiger partial charge on any atom is 0.162 e. The molecule has 27 heavy (non-hydrogen) atoms. The van der Waals surface area contributed by atoms with Crippen LogP contribution < -0.4 is 0 Å². The molecule has 0 atom stereocenters. The van der Waals surface area contributed by atoms with Crippen molar-refractivity contribution >= 4 is 33.3 Å². The van der Waals surface area contributed by atoms with Crippen LogP contribution in [0.1, 0.15) is 62.3 Å². The molecule has 0 spiro atoms. The molecule has 0 aliphatic heterocycles. The van der Waals surface area contributed by atoms with E-state index in [2.05, 4.69) is 37.3 Å². The number of aryl methyl sites for hydroxylation is 2. The summed E-state index contributed by atoms with van der Waals surface area (Å²) in [7, 11) is 0. The molecule has 1 aromatic carbocycles. The van der Waals surface area contributed by atoms with Crippen LogP contribution in [0, 0.1) is 0 Å². The van der Waals surface area contributed by atoms with Crippen molar-refractivity contribution in [2.45, 2.75) is 69.7 Å². The first kappa shape index (κ1) is 18.9. The van der Waals surface area contributed by atoms with Gasteiger partial charge >= 0.3 is 0 Å². The number of rotatable bonds is 8. The van der Waals surface area contributed by atoms with Gasteiger partial charge in [0.05, 0.1) is 0 Å². The van der Waals surface area contributed by atoms with Crippen molar-refractivity contribution in [2.24, 2.45) is 0 Å². The Labute approximate surface area is 170 Å². The summed E-state index contributed by atoms with van der Waals surface area (Å²) >= 11 is 3.86. The van der Waals surface area contributed by atoms with Crippen molar-refractivity contribution in [3.8, 4) is 11.4 Å². The first-order chi connectivity index (χ1) is 13.4. The summed E-state index contributed by atoms with van der Waals surface area (Å²) in [5, 5.41) is 2.58. The monoisotopic (exact) mass is 396 g/mol. The molecule has 142 valence electrons. The zero-order valence-corrected chi connectivity index (χ0v) is 17.8. The van der Waals surface area contributed by atoms with Gasteiger partial charge in [0.2, 0.25) is 0 Å². The highest BCUT2D eigenvalue weighted by atomic mass is 32.2. The minimum atomic E-state index is 0.884. The Bertz CT molecular complexity index is 886. The normalized spacial score (nSPS) is 13.8. The number of benzene rings is 1. The maximum atomic E-state index is 5.04. The summed E-state index contributed by atoms with van der Waals surface area (Å²) in [5.41, 5.74) is 2.67. The quantitative estimate of drug-likeness (QED) is 0.227. The molecule has 1 aliphatic carbocycles. The molecule has 4 heteroatoms. The summed E-state index contributed by atoms with van der Waals surface area (Å²) in [4.78, 5) is 12.8. The molecule has 2 aromatic heterocycles. The van der Waals surface area contributed by atoms with E-state index >= 15 is 0 Å². The molecule has 0 bridgehead atoms. The Morgan fingerprint density at radius 1 is 0.963 bits per heavy atom. The van der Waals surface area contributed by atoms with Gasteiger partial charge in [0.25, 0.3) is 0 Å². The molecule has 1 aliphatic rings. The molecule has 0 saturated carbocycles. The van der Waals surface area contributed by atoms with E-state index in [1.165, 1.54) is 73.0 Å². The molecule has 2 heterocycles. The number of hydrogen-bond donors (Lipinski definition) is 0. The fraction of sp³-hybridized carbons (Fsp3) is 0.478. The molecular weight excluding hydrogens is 368 g/mol. The van der Waals surface area contributed by atoms with Crippen molar-refractivity contribution in [2.75, 3.05) is 5.75 Å². The van der Waals surface area contributed by atoms with Gasteiger partial charge in [0, 0.05) is 15.8 Å². The number of aromatic nitrogens is 2. The van der Waals surface area contributed by atoms with Crippen molar-refractivity contribution < 1.29 is 0 Å². The summed E-state index contributed by atoms with van der Waals surface area (Å²) in [6.07, 6.45) is 11.7. The van der Waals surface area contributed by atoms with Crippen LogP contribution in [-0.4, -0.2) is 15.7 Å². The van der Waals surface area contributed by atoms with Crippen LogP contribution >= 0.6 is 23.1 Å². The number of fused-ring (bicyclic) bond motifs is 3. The molecule has 0 saturated heterocycles. The van der Waals surface area contributed by atoms with Gasteiger partial charge in [0.15, 0.2) is 5.82 Å². The van der Waals surface area contributed by atoms with Gasteiger partial charge in [-0.05, 0) is 43.4 Å². The molecular formula is C23H28N2S2. The topological polar surface area (TPSA) is 25.8 Å². The van der Waals surface area contributed by atoms with Crippen LogP contribution in [0.15, 0.2) is 35.4 Å². The van der Waals surface area contributed by atoms with Gasteiger partial charge in [-0.3, -0.25) is 0 Å². The van der Waals surface area contributed by atoms with Gasteiger partial charge < -0.3 is 0 Å². The molecule has 0 amide bonds. The molecule has 0 unspecified atom stereocenters. The Balaban J connectivity index is 1.64. The Morgan fingerprint density at radius 3 is 2.63 bits per heavy atom. The largest absolute Gasteiger partial charge is 0.221 e. The predicted octanol–water partition coefficient (Wildman–Crippen LogP) is 7.30. The SMILES string of the molecule is CCCCCCCSc1nc(-c2ccccc2)nc2sc3c(c12)CCCC3. The average molecular weight is 397 g/mol. The van der Waals surface area contributed by atoms with Crippen LogP contribution in [0.4, 0.5) is 0 Å². The van der Waals surface area contributed by atoms with E-state index < -0.39 is 0 Å². The van der Waals surface area contributed by atoms with Crippen molar-refractivity contribution in [3.05, 3.63) is 40.8 Å². The third kappa shape index (κ3) is 4.38. The third-order valence-electron chi connectivity index (χ3n) is 5.30. The van der Waals surface area contributed by atoms with E-state index in [4.69, 9.17) is 9.97 Å². The van der Waals surface area contributed by atoms with E-state index in [0.717, 1.165) is 17.1 Å². The minimum Gasteiger partial charge on any atom is -0.221 e. The highest BCUT2D eigenvalue weighted by Gasteiger charge is 2.21. The number of unbranched alkanes of at least 4 members (excludes halogenated alkanes) is 4. The molecule has 3 aromatic rings. The lowest BCUT2D eigenvalue weighted by atomic mass is 9.97. The number of thioether (sulfide) groups is 1. The maximum absolute atomic E-state index is 5.04. The van der Waals surface area contributed by atoms with E-state index in [-0.39, 0.29) is 0 Å². The van der Waals surface area contributed by atoms with Crippen LogP contribution in [0.3, 0.4) is 0 Å². The number of nitrogens with zero attached hydrogens (tertiary/aromatic N) is 2. The predicted molar refractivity (Wildman–Crippen MR) is 119 cm³/mol. The smallest absolute Gasteiger partial charge is 0.162 e. The van der Waals surface area contributed by atoms with E-state index in [1.54, 1.807) is 10.4 Å². The molecule has 0 radical (unpaired) electrons. The van der Waals surface area contributed by atoms with Gasteiger partial charge in [-0.25, -0.2) is 9.97 Å². The highest BCUT2D eigenvalue weighted by molar-refractivity contribution is 7.99. The van der Waals surface area contributed by atoms with Crippen molar-refractivity contribution in [3.63, 3.8) is 0 Å². The zero-order valence-electron chi connectivity index (χ0n) is 16.2. The van der Waals surface area contributed by atoms with Crippen LogP contribution in [0.2, 0.25) is 0 Å². The molecule has 0 fully saturated rings. The van der Waals surface area contributed by atoms with E-state index in [0.29, 0.717) is 0 Å². The lowest BCUT2D eigenvalue weighted by Crippen LogP contribution is -2.00. The van der Waals surface area contributed by atoms with Gasteiger partial charge in [0.1, 0.15) is 9.86 Å². The van der Waals surface area contributed by atoms with Crippen molar-refractivity contribution in [1.82, 2.24) is 9.97 Å². The minimum absolute atomic E-state index is 0.884. The summed E-state index contributed by atoms with van der Waals surface area (Å²) < 4.78 is 0. The second kappa shape index (κ2) is 9.20. The lowest BCUT2D eigenvalue weighted by molar-refractivity contribution is 0.659. The molecule has 2 nitrogen and oxygen atoms in total. The number of thiophene rings is 1. The Morgan fingerprint density at radius 2 is 1.78 bits per heavy atom. The van der Waals surface area contributed by atoms with Crippen LogP contribution in [-0.2, 0) is 12.8 Å².